The molecule has 3 heterocycles. The number of Topliss-reactive ketones (excluding diaryl/α,β-unsaturated/α-hetero) is 1. The highest BCUT2D eigenvalue weighted by Crippen LogP contribution is 2.23. The van der Waals surface area contributed by atoms with E-state index < -0.39 is 5.82 Å². The second kappa shape index (κ2) is 8.41. The van der Waals surface area contributed by atoms with Gasteiger partial charge in [0, 0.05) is 49.6 Å². The maximum atomic E-state index is 14.4. The summed E-state index contributed by atoms with van der Waals surface area (Å²) in [4.78, 5) is 36.5. The van der Waals surface area contributed by atoms with E-state index in [2.05, 4.69) is 15.1 Å². The molecule has 4 rings (SSSR count). The highest BCUT2D eigenvalue weighted by molar-refractivity contribution is 5.94. The minimum Gasteiger partial charge on any atom is -0.366 e. The number of halogens is 1. The number of piperazine rings is 1. The molecule has 0 unspecified atom stereocenters. The van der Waals surface area contributed by atoms with Crippen molar-refractivity contribution < 1.29 is 14.0 Å². The molecule has 0 bridgehead atoms. The average Bonchev–Trinajstić information content (AvgIpc) is 3.22. The molecule has 0 aliphatic carbocycles. The third-order valence-corrected chi connectivity index (χ3v) is 5.90. The summed E-state index contributed by atoms with van der Waals surface area (Å²) < 4.78 is 16.1. The molecule has 1 saturated heterocycles. The predicted molar refractivity (Wildman–Crippen MR) is 114 cm³/mol. The normalized spacial score (nSPS) is 14.3. The summed E-state index contributed by atoms with van der Waals surface area (Å²) in [6, 6.07) is 4.56. The third-order valence-electron chi connectivity index (χ3n) is 5.90. The number of aromatic nitrogens is 4. The van der Waals surface area contributed by atoms with E-state index >= 15 is 0 Å². The number of amides is 1. The number of hydrogen-bond acceptors (Lipinski definition) is 6. The molecular formula is C22H25FN6O2. The van der Waals surface area contributed by atoms with E-state index in [1.807, 2.05) is 23.6 Å². The van der Waals surface area contributed by atoms with Crippen LogP contribution in [0.15, 0.2) is 24.5 Å². The Balaban J connectivity index is 1.36. The van der Waals surface area contributed by atoms with Crippen molar-refractivity contribution in [2.75, 3.05) is 31.1 Å². The lowest BCUT2D eigenvalue weighted by atomic mass is 10.1. The van der Waals surface area contributed by atoms with Crippen molar-refractivity contribution in [3.63, 3.8) is 0 Å². The fourth-order valence-electron chi connectivity index (χ4n) is 4.09. The van der Waals surface area contributed by atoms with Gasteiger partial charge in [-0.05, 0) is 51.0 Å². The van der Waals surface area contributed by atoms with Crippen LogP contribution < -0.4 is 4.90 Å². The van der Waals surface area contributed by atoms with Crippen LogP contribution in [0.4, 0.5) is 10.1 Å². The first-order valence-corrected chi connectivity index (χ1v) is 10.3. The van der Waals surface area contributed by atoms with Gasteiger partial charge in [0.15, 0.2) is 5.78 Å². The van der Waals surface area contributed by atoms with Gasteiger partial charge < -0.3 is 9.80 Å². The molecule has 9 heteroatoms. The van der Waals surface area contributed by atoms with Crippen molar-refractivity contribution in [3.8, 4) is 0 Å². The van der Waals surface area contributed by atoms with Crippen LogP contribution in [0.5, 0.6) is 0 Å². The number of fused-ring (bicyclic) bond motifs is 1. The molecule has 0 radical (unpaired) electrons. The smallest absolute Gasteiger partial charge is 0.252 e. The summed E-state index contributed by atoms with van der Waals surface area (Å²) in [5.41, 5.74) is 3.65. The highest BCUT2D eigenvalue weighted by Gasteiger charge is 2.23. The SMILES string of the molecule is CC(=O)c1ccc(N2CCN(C(=O)CCc3c(C)nc4ncnn4c3C)CC2)c(F)c1. The Morgan fingerprint density at radius 1 is 1.13 bits per heavy atom. The molecule has 1 aromatic carbocycles. The lowest BCUT2D eigenvalue weighted by Crippen LogP contribution is -2.49. The Morgan fingerprint density at radius 2 is 1.87 bits per heavy atom. The summed E-state index contributed by atoms with van der Waals surface area (Å²) in [7, 11) is 0. The van der Waals surface area contributed by atoms with Crippen LogP contribution in [0.1, 0.15) is 40.7 Å². The van der Waals surface area contributed by atoms with Gasteiger partial charge in [-0.1, -0.05) is 0 Å². The van der Waals surface area contributed by atoms with Gasteiger partial charge in [-0.3, -0.25) is 9.59 Å². The number of carbonyl (C=O) groups excluding carboxylic acids is 2. The standard InChI is InChI=1S/C22H25FN6O2/c1-14-18(15(2)29-22(26-14)24-13-25-29)5-7-21(31)28-10-8-27(9-11-28)20-6-4-17(16(3)30)12-19(20)23/h4,6,12-13H,5,7-11H2,1-3H3. The number of rotatable bonds is 5. The fourth-order valence-corrected chi connectivity index (χ4v) is 4.09. The second-order valence-corrected chi connectivity index (χ2v) is 7.82. The molecule has 162 valence electrons. The number of aryl methyl sites for hydroxylation is 2. The monoisotopic (exact) mass is 424 g/mol. The van der Waals surface area contributed by atoms with Gasteiger partial charge in [0.1, 0.15) is 12.1 Å². The molecule has 0 spiro atoms. The first-order chi connectivity index (χ1) is 14.8. The van der Waals surface area contributed by atoms with E-state index in [0.717, 1.165) is 17.0 Å². The van der Waals surface area contributed by atoms with Crippen LogP contribution in [0.2, 0.25) is 0 Å². The van der Waals surface area contributed by atoms with Crippen LogP contribution in [-0.2, 0) is 11.2 Å². The topological polar surface area (TPSA) is 83.7 Å². The van der Waals surface area contributed by atoms with Crippen LogP contribution in [-0.4, -0.2) is 62.4 Å². The number of hydrogen-bond donors (Lipinski definition) is 0. The van der Waals surface area contributed by atoms with E-state index in [9.17, 15) is 14.0 Å². The summed E-state index contributed by atoms with van der Waals surface area (Å²) in [5, 5.41) is 4.19. The summed E-state index contributed by atoms with van der Waals surface area (Å²) in [5.74, 6) is 0.0632. The average molecular weight is 424 g/mol. The molecule has 8 nitrogen and oxygen atoms in total. The second-order valence-electron chi connectivity index (χ2n) is 7.82. The van der Waals surface area contributed by atoms with Crippen molar-refractivity contribution in [2.45, 2.75) is 33.6 Å². The van der Waals surface area contributed by atoms with E-state index in [4.69, 9.17) is 0 Å². The molecule has 1 aliphatic rings. The Kier molecular flexibility index (Phi) is 5.67. The predicted octanol–water partition coefficient (Wildman–Crippen LogP) is 2.36. The number of ketones is 1. The Labute approximate surface area is 179 Å². The molecule has 3 aromatic rings. The summed E-state index contributed by atoms with van der Waals surface area (Å²) in [6.45, 7) is 7.46. The van der Waals surface area contributed by atoms with Gasteiger partial charge in [0.25, 0.3) is 5.78 Å². The highest BCUT2D eigenvalue weighted by atomic mass is 19.1. The first-order valence-electron chi connectivity index (χ1n) is 10.3. The maximum Gasteiger partial charge on any atom is 0.252 e. The molecule has 1 amide bonds. The molecule has 0 atom stereocenters. The van der Waals surface area contributed by atoms with Crippen LogP contribution in [0, 0.1) is 19.7 Å². The zero-order chi connectivity index (χ0) is 22.1. The zero-order valence-corrected chi connectivity index (χ0v) is 17.9. The molecule has 1 aliphatic heterocycles. The molecule has 0 N–H and O–H groups in total. The van der Waals surface area contributed by atoms with Crippen molar-refractivity contribution in [1.29, 1.82) is 0 Å². The van der Waals surface area contributed by atoms with E-state index in [1.54, 1.807) is 16.6 Å². The van der Waals surface area contributed by atoms with Gasteiger partial charge >= 0.3 is 0 Å². The molecular weight excluding hydrogens is 399 g/mol. The van der Waals surface area contributed by atoms with Crippen molar-refractivity contribution in [1.82, 2.24) is 24.5 Å². The summed E-state index contributed by atoms with van der Waals surface area (Å²) >= 11 is 0. The fraction of sp³-hybridized carbons (Fsp3) is 0.409. The molecule has 2 aromatic heterocycles. The zero-order valence-electron chi connectivity index (χ0n) is 17.9. The van der Waals surface area contributed by atoms with Gasteiger partial charge in [0.05, 0.1) is 5.69 Å². The summed E-state index contributed by atoms with van der Waals surface area (Å²) in [6.07, 6.45) is 2.44. The van der Waals surface area contributed by atoms with E-state index in [-0.39, 0.29) is 11.7 Å². The molecule has 31 heavy (non-hydrogen) atoms. The van der Waals surface area contributed by atoms with Crippen molar-refractivity contribution in [2.24, 2.45) is 0 Å². The Morgan fingerprint density at radius 3 is 2.55 bits per heavy atom. The molecule has 0 saturated carbocycles. The lowest BCUT2D eigenvalue weighted by Gasteiger charge is -2.36. The van der Waals surface area contributed by atoms with Crippen molar-refractivity contribution in [3.05, 3.63) is 52.9 Å². The Hall–Kier alpha value is -3.36. The third kappa shape index (κ3) is 4.12. The number of carbonyl (C=O) groups is 2. The van der Waals surface area contributed by atoms with Gasteiger partial charge in [-0.25, -0.2) is 13.9 Å². The minimum atomic E-state index is -0.408. The Bertz CT molecular complexity index is 1150. The quantitative estimate of drug-likeness (QED) is 0.585. The number of anilines is 1. The van der Waals surface area contributed by atoms with Gasteiger partial charge in [-0.15, -0.1) is 0 Å². The maximum absolute atomic E-state index is 14.4. The van der Waals surface area contributed by atoms with E-state index in [1.165, 1.54) is 19.3 Å². The van der Waals surface area contributed by atoms with Crippen LogP contribution in [0.25, 0.3) is 5.78 Å². The van der Waals surface area contributed by atoms with Gasteiger partial charge in [-0.2, -0.15) is 10.1 Å². The van der Waals surface area contributed by atoms with Gasteiger partial charge in [0.2, 0.25) is 5.91 Å². The van der Waals surface area contributed by atoms with Crippen molar-refractivity contribution >= 4 is 23.2 Å². The minimum absolute atomic E-state index is 0.0736. The first kappa shape index (κ1) is 20.9. The largest absolute Gasteiger partial charge is 0.366 e. The van der Waals surface area contributed by atoms with E-state index in [0.29, 0.717) is 56.0 Å². The number of benzene rings is 1. The van der Waals surface area contributed by atoms with Crippen LogP contribution in [0.3, 0.4) is 0 Å². The van der Waals surface area contributed by atoms with Crippen LogP contribution >= 0.6 is 0 Å². The molecule has 1 fully saturated rings. The lowest BCUT2D eigenvalue weighted by molar-refractivity contribution is -0.131. The number of nitrogens with zero attached hydrogens (tertiary/aromatic N) is 6.